The number of carbonyl (C=O) groups is 2. The highest BCUT2D eigenvalue weighted by Gasteiger charge is 2.27. The number of hydrogen-bond donors (Lipinski definition) is 2. The van der Waals surface area contributed by atoms with Crippen LogP contribution in [0.3, 0.4) is 0 Å². The van der Waals surface area contributed by atoms with E-state index in [1.165, 1.54) is 4.90 Å². The molecular weight excluding hydrogens is 338 g/mol. The maximum absolute atomic E-state index is 12.6. The summed E-state index contributed by atoms with van der Waals surface area (Å²) >= 11 is 1.57. The highest BCUT2D eigenvalue weighted by Crippen LogP contribution is 2.33. The van der Waals surface area contributed by atoms with Crippen LogP contribution in [0.4, 0.5) is 10.5 Å². The molecule has 1 aliphatic heterocycles. The van der Waals surface area contributed by atoms with E-state index in [9.17, 15) is 9.59 Å². The van der Waals surface area contributed by atoms with Crippen molar-refractivity contribution in [2.75, 3.05) is 18.4 Å². The second-order valence-corrected chi connectivity index (χ2v) is 6.93. The Hall–Kier alpha value is -2.54. The molecule has 0 atom stereocenters. The Morgan fingerprint density at radius 2 is 1.80 bits per heavy atom. The standard InChI is InChI=1S/C18H19N3O3S/c22-17(13-7-11-21(12-8-13)18(23)24)20-15-3-1-2-4-16(15)25-14-5-9-19-10-6-14/h1-6,9-10,13H,7-8,11-12H2,(H,20,22)(H,23,24). The van der Waals surface area contributed by atoms with Gasteiger partial charge in [0.1, 0.15) is 0 Å². The molecule has 0 bridgehead atoms. The number of hydrogen-bond acceptors (Lipinski definition) is 4. The number of para-hydroxylation sites is 1. The van der Waals surface area contributed by atoms with Crippen molar-refractivity contribution in [3.8, 4) is 0 Å². The molecule has 1 fully saturated rings. The molecule has 0 spiro atoms. The van der Waals surface area contributed by atoms with Crippen LogP contribution in [0, 0.1) is 5.92 Å². The van der Waals surface area contributed by atoms with E-state index in [0.717, 1.165) is 15.5 Å². The third kappa shape index (κ3) is 4.51. The summed E-state index contributed by atoms with van der Waals surface area (Å²) in [5.41, 5.74) is 0.773. The first kappa shape index (κ1) is 17.3. The lowest BCUT2D eigenvalue weighted by Gasteiger charge is -2.29. The smallest absolute Gasteiger partial charge is 0.407 e. The zero-order valence-electron chi connectivity index (χ0n) is 13.6. The maximum atomic E-state index is 12.6. The van der Waals surface area contributed by atoms with Gasteiger partial charge in [0.25, 0.3) is 0 Å². The van der Waals surface area contributed by atoms with E-state index in [1.54, 1.807) is 24.2 Å². The number of nitrogens with one attached hydrogen (secondary N) is 1. The molecule has 0 radical (unpaired) electrons. The molecule has 2 aromatic rings. The molecule has 2 amide bonds. The van der Waals surface area contributed by atoms with Crippen molar-refractivity contribution in [3.05, 3.63) is 48.8 Å². The number of pyridine rings is 1. The fraction of sp³-hybridized carbons (Fsp3) is 0.278. The zero-order chi connectivity index (χ0) is 17.6. The van der Waals surface area contributed by atoms with Crippen LogP contribution in [0.15, 0.2) is 58.6 Å². The van der Waals surface area contributed by atoms with Crippen LogP contribution >= 0.6 is 11.8 Å². The Bertz CT molecular complexity index is 746. The summed E-state index contributed by atoms with van der Waals surface area (Å²) in [6.07, 6.45) is 3.66. The molecule has 3 rings (SSSR count). The number of likely N-dealkylation sites (tertiary alicyclic amines) is 1. The van der Waals surface area contributed by atoms with Gasteiger partial charge in [-0.1, -0.05) is 23.9 Å². The third-order valence-electron chi connectivity index (χ3n) is 4.16. The molecule has 0 aliphatic carbocycles. The molecule has 1 aromatic heterocycles. The summed E-state index contributed by atoms with van der Waals surface area (Å²) in [5.74, 6) is -0.206. The summed E-state index contributed by atoms with van der Waals surface area (Å²) in [5, 5.41) is 12.0. The minimum absolute atomic E-state index is 0.0483. The number of anilines is 1. The number of rotatable bonds is 4. The number of benzene rings is 1. The van der Waals surface area contributed by atoms with Crippen LogP contribution in [0.5, 0.6) is 0 Å². The van der Waals surface area contributed by atoms with Crippen LogP contribution in [0.25, 0.3) is 0 Å². The summed E-state index contributed by atoms with van der Waals surface area (Å²) in [6.45, 7) is 0.807. The maximum Gasteiger partial charge on any atom is 0.407 e. The SMILES string of the molecule is O=C(Nc1ccccc1Sc1ccncc1)C1CCN(C(=O)O)CC1. The molecule has 7 heteroatoms. The third-order valence-corrected chi connectivity index (χ3v) is 5.24. The van der Waals surface area contributed by atoms with Gasteiger partial charge in [-0.05, 0) is 37.1 Å². The van der Waals surface area contributed by atoms with E-state index in [1.807, 2.05) is 36.4 Å². The van der Waals surface area contributed by atoms with E-state index < -0.39 is 6.09 Å². The van der Waals surface area contributed by atoms with Gasteiger partial charge in [0, 0.05) is 41.2 Å². The Labute approximate surface area is 150 Å². The van der Waals surface area contributed by atoms with Crippen molar-refractivity contribution in [3.63, 3.8) is 0 Å². The molecule has 0 saturated carbocycles. The lowest BCUT2D eigenvalue weighted by Crippen LogP contribution is -2.40. The van der Waals surface area contributed by atoms with Crippen LogP contribution < -0.4 is 5.32 Å². The Balaban J connectivity index is 1.65. The topological polar surface area (TPSA) is 82.5 Å². The number of carboxylic acid groups (broad SMARTS) is 1. The van der Waals surface area contributed by atoms with Gasteiger partial charge in [-0.2, -0.15) is 0 Å². The van der Waals surface area contributed by atoms with E-state index in [0.29, 0.717) is 25.9 Å². The fourth-order valence-corrected chi connectivity index (χ4v) is 3.65. The van der Waals surface area contributed by atoms with Crippen molar-refractivity contribution in [2.24, 2.45) is 5.92 Å². The highest BCUT2D eigenvalue weighted by atomic mass is 32.2. The number of amides is 2. The highest BCUT2D eigenvalue weighted by molar-refractivity contribution is 7.99. The van der Waals surface area contributed by atoms with Gasteiger partial charge in [-0.25, -0.2) is 4.79 Å². The second kappa shape index (κ2) is 8.02. The van der Waals surface area contributed by atoms with Gasteiger partial charge < -0.3 is 15.3 Å². The van der Waals surface area contributed by atoms with Crippen molar-refractivity contribution in [2.45, 2.75) is 22.6 Å². The van der Waals surface area contributed by atoms with Gasteiger partial charge in [0.05, 0.1) is 5.69 Å². The minimum Gasteiger partial charge on any atom is -0.465 e. The molecule has 6 nitrogen and oxygen atoms in total. The molecule has 25 heavy (non-hydrogen) atoms. The fourth-order valence-electron chi connectivity index (χ4n) is 2.76. The number of carbonyl (C=O) groups excluding carboxylic acids is 1. The molecule has 2 N–H and O–H groups in total. The number of nitrogens with zero attached hydrogens (tertiary/aromatic N) is 2. The zero-order valence-corrected chi connectivity index (χ0v) is 14.4. The first-order valence-corrected chi connectivity index (χ1v) is 8.91. The molecule has 0 unspecified atom stereocenters. The Kier molecular flexibility index (Phi) is 5.55. The van der Waals surface area contributed by atoms with Gasteiger partial charge in [0.15, 0.2) is 0 Å². The normalized spacial score (nSPS) is 15.0. The molecular formula is C18H19N3O3S. The van der Waals surface area contributed by atoms with Crippen LogP contribution in [-0.2, 0) is 4.79 Å². The number of piperidine rings is 1. The summed E-state index contributed by atoms with van der Waals surface area (Å²) in [7, 11) is 0. The molecule has 1 aliphatic rings. The van der Waals surface area contributed by atoms with Gasteiger partial charge in [-0.3, -0.25) is 9.78 Å². The molecule has 2 heterocycles. The van der Waals surface area contributed by atoms with Gasteiger partial charge in [-0.15, -0.1) is 0 Å². The predicted molar refractivity (Wildman–Crippen MR) is 95.8 cm³/mol. The molecule has 130 valence electrons. The lowest BCUT2D eigenvalue weighted by molar-refractivity contribution is -0.121. The summed E-state index contributed by atoms with van der Waals surface area (Å²) in [4.78, 5) is 30.9. The van der Waals surface area contributed by atoms with Crippen LogP contribution in [0.1, 0.15) is 12.8 Å². The van der Waals surface area contributed by atoms with E-state index >= 15 is 0 Å². The molecule has 1 aromatic carbocycles. The molecule has 1 saturated heterocycles. The van der Waals surface area contributed by atoms with Crippen molar-refractivity contribution >= 4 is 29.4 Å². The average Bonchev–Trinajstić information content (AvgIpc) is 2.64. The van der Waals surface area contributed by atoms with Crippen molar-refractivity contribution in [1.29, 1.82) is 0 Å². The van der Waals surface area contributed by atoms with E-state index in [4.69, 9.17) is 5.11 Å². The average molecular weight is 357 g/mol. The second-order valence-electron chi connectivity index (χ2n) is 5.81. The summed E-state index contributed by atoms with van der Waals surface area (Å²) < 4.78 is 0. The lowest BCUT2D eigenvalue weighted by atomic mass is 9.96. The van der Waals surface area contributed by atoms with Crippen LogP contribution in [0.2, 0.25) is 0 Å². The van der Waals surface area contributed by atoms with Crippen LogP contribution in [-0.4, -0.2) is 40.1 Å². The quantitative estimate of drug-likeness (QED) is 0.874. The minimum atomic E-state index is -0.919. The number of aromatic nitrogens is 1. The Morgan fingerprint density at radius 1 is 1.12 bits per heavy atom. The van der Waals surface area contributed by atoms with E-state index in [-0.39, 0.29) is 11.8 Å². The van der Waals surface area contributed by atoms with Crippen molar-refractivity contribution < 1.29 is 14.7 Å². The van der Waals surface area contributed by atoms with Gasteiger partial charge in [0.2, 0.25) is 5.91 Å². The summed E-state index contributed by atoms with van der Waals surface area (Å²) in [6, 6.07) is 11.5. The Morgan fingerprint density at radius 3 is 2.48 bits per heavy atom. The van der Waals surface area contributed by atoms with Crippen molar-refractivity contribution in [1.82, 2.24) is 9.88 Å². The van der Waals surface area contributed by atoms with E-state index in [2.05, 4.69) is 10.3 Å². The largest absolute Gasteiger partial charge is 0.465 e. The monoisotopic (exact) mass is 357 g/mol. The predicted octanol–water partition coefficient (Wildman–Crippen LogP) is 3.56. The first-order valence-electron chi connectivity index (χ1n) is 8.09. The van der Waals surface area contributed by atoms with Gasteiger partial charge >= 0.3 is 6.09 Å². The first-order chi connectivity index (χ1) is 12.1.